The number of hydrogen-bond acceptors (Lipinski definition) is 2. The smallest absolute Gasteiger partial charge is 0.490 e. The van der Waals surface area contributed by atoms with Gasteiger partial charge in [-0.25, -0.2) is 4.79 Å². The number of carboxylic acid groups (broad SMARTS) is 1. The van der Waals surface area contributed by atoms with Crippen LogP contribution in [0.1, 0.15) is 41.5 Å². The van der Waals surface area contributed by atoms with Gasteiger partial charge in [0.2, 0.25) is 0 Å². The molecule has 0 aromatic heterocycles. The zero-order valence-corrected chi connectivity index (χ0v) is 16.6. The van der Waals surface area contributed by atoms with Crippen LogP contribution in [0, 0.1) is 0 Å². The first-order valence-electron chi connectivity index (χ1n) is 7.71. The number of aliphatic carboxylic acids is 1. The van der Waals surface area contributed by atoms with Crippen LogP contribution in [-0.2, 0) is 4.79 Å². The zero-order valence-electron chi connectivity index (χ0n) is 15.6. The summed E-state index contributed by atoms with van der Waals surface area (Å²) in [5, 5.41) is 15.8. The Morgan fingerprint density at radius 3 is 1.28 bits per heavy atom. The fraction of sp³-hybridized carbons (Fsp3) is 0.588. The topological polar surface area (TPSA) is 89.0 Å². The second-order valence-electron chi connectivity index (χ2n) is 6.10. The Balaban J connectivity index is -0.000000291. The number of carbonyl (C=O) groups is 1. The molecule has 25 heavy (non-hydrogen) atoms. The van der Waals surface area contributed by atoms with Crippen LogP contribution in [0.2, 0.25) is 16.6 Å². The van der Waals surface area contributed by atoms with Crippen molar-refractivity contribution in [3.8, 4) is 5.75 Å². The van der Waals surface area contributed by atoms with Crippen molar-refractivity contribution in [1.82, 2.24) is 0 Å². The molecule has 1 aromatic carbocycles. The zero-order chi connectivity index (χ0) is 19.5. The fourth-order valence-electron chi connectivity index (χ4n) is 2.43. The van der Waals surface area contributed by atoms with Crippen molar-refractivity contribution >= 4 is 14.8 Å². The molecule has 0 bridgehead atoms. The number of phenols is 1. The van der Waals surface area contributed by atoms with Gasteiger partial charge in [-0.15, -0.1) is 0 Å². The summed E-state index contributed by atoms with van der Waals surface area (Å²) in [6, 6.07) is 8.71. The molecule has 0 aliphatic heterocycles. The number of para-hydroxylation sites is 1. The van der Waals surface area contributed by atoms with Crippen LogP contribution in [0.4, 0.5) is 13.2 Å². The Kier molecular flexibility index (Phi) is 15.5. The van der Waals surface area contributed by atoms with E-state index in [2.05, 4.69) is 41.5 Å². The molecule has 8 heteroatoms. The van der Waals surface area contributed by atoms with Gasteiger partial charge in [0.05, 0.1) is 8.80 Å². The van der Waals surface area contributed by atoms with Crippen LogP contribution in [0.15, 0.2) is 30.3 Å². The highest BCUT2D eigenvalue weighted by atomic mass is 28.3. The first-order chi connectivity index (χ1) is 10.8. The van der Waals surface area contributed by atoms with E-state index in [1.54, 1.807) is 24.3 Å². The number of rotatable bonds is 3. The number of benzene rings is 1. The Morgan fingerprint density at radius 1 is 0.920 bits per heavy atom. The predicted octanol–water partition coefficient (Wildman–Crippen LogP) is 4.91. The number of halogens is 3. The molecule has 0 aliphatic carbocycles. The molecule has 1 radical (unpaired) electrons. The Bertz CT molecular complexity index is 430. The highest BCUT2D eigenvalue weighted by Gasteiger charge is 2.38. The molecule has 0 saturated carbocycles. The predicted molar refractivity (Wildman–Crippen MR) is 96.5 cm³/mol. The third kappa shape index (κ3) is 15.7. The third-order valence-corrected chi connectivity index (χ3v) is 7.00. The van der Waals surface area contributed by atoms with Gasteiger partial charge < -0.3 is 15.7 Å². The van der Waals surface area contributed by atoms with Crippen LogP contribution in [-0.4, -0.2) is 36.6 Å². The maximum absolute atomic E-state index is 10.6. The summed E-state index contributed by atoms with van der Waals surface area (Å²) in [5.74, 6) is -2.44. The molecule has 0 atom stereocenters. The van der Waals surface area contributed by atoms with E-state index in [-0.39, 0.29) is 14.3 Å². The van der Waals surface area contributed by atoms with E-state index >= 15 is 0 Å². The number of phenolic OH excluding ortho intramolecular Hbond substituents is 1. The molecule has 0 aliphatic rings. The number of carboxylic acids is 1. The molecule has 147 valence electrons. The molecule has 0 fully saturated rings. The molecule has 4 N–H and O–H groups in total. The van der Waals surface area contributed by atoms with E-state index in [4.69, 9.17) is 15.0 Å². The molecule has 1 rings (SSSR count). The van der Waals surface area contributed by atoms with Crippen LogP contribution in [0.5, 0.6) is 5.75 Å². The second kappa shape index (κ2) is 13.7. The molecule has 0 saturated heterocycles. The summed E-state index contributed by atoms with van der Waals surface area (Å²) in [4.78, 5) is 8.90. The monoisotopic (exact) mass is 383 g/mol. The average Bonchev–Trinajstić information content (AvgIpc) is 2.38. The molecule has 4 nitrogen and oxygen atoms in total. The summed E-state index contributed by atoms with van der Waals surface area (Å²) >= 11 is 0. The van der Waals surface area contributed by atoms with Crippen molar-refractivity contribution < 1.29 is 33.7 Å². The lowest BCUT2D eigenvalue weighted by Crippen LogP contribution is -2.24. The van der Waals surface area contributed by atoms with Gasteiger partial charge in [0.15, 0.2) is 0 Å². The largest absolute Gasteiger partial charge is 0.508 e. The van der Waals surface area contributed by atoms with Crippen molar-refractivity contribution in [1.29, 1.82) is 0 Å². The van der Waals surface area contributed by atoms with E-state index in [9.17, 15) is 13.2 Å². The molecular formula is C17H30F3O4Si. The van der Waals surface area contributed by atoms with E-state index in [1.807, 2.05) is 6.07 Å². The third-order valence-electron chi connectivity index (χ3n) is 3.00. The standard InChI is InChI=1S/C9H21Si.C6H6O.C2HF3O2.H2O/c1-7(2)10(8(3)4)9(5)6;7-6-4-2-1-3-5-6;3-2(4,5)1(6)7;/h7-9H,1-6H3;1-5,7H;(H,6,7);1H2. The molecule has 0 heterocycles. The van der Waals surface area contributed by atoms with Gasteiger partial charge in [-0.3, -0.25) is 0 Å². The van der Waals surface area contributed by atoms with Gasteiger partial charge in [0, 0.05) is 0 Å². The van der Waals surface area contributed by atoms with Crippen molar-refractivity contribution in [2.24, 2.45) is 0 Å². The van der Waals surface area contributed by atoms with E-state index in [0.717, 1.165) is 16.6 Å². The molecule has 0 spiro atoms. The molecule has 0 unspecified atom stereocenters. The van der Waals surface area contributed by atoms with Gasteiger partial charge in [-0.2, -0.15) is 13.2 Å². The first kappa shape index (κ1) is 28.3. The van der Waals surface area contributed by atoms with Crippen molar-refractivity contribution in [3.63, 3.8) is 0 Å². The SMILES string of the molecule is CC(C)[Si](C(C)C)C(C)C.O.O=C(O)C(F)(F)F.Oc1ccccc1. The van der Waals surface area contributed by atoms with E-state index in [1.165, 1.54) is 0 Å². The van der Waals surface area contributed by atoms with Gasteiger partial charge in [-0.1, -0.05) is 76.4 Å². The quantitative estimate of drug-likeness (QED) is 0.727. The highest BCUT2D eigenvalue weighted by molar-refractivity contribution is 6.63. The minimum absolute atomic E-state index is 0. The van der Waals surface area contributed by atoms with Crippen molar-refractivity contribution in [2.75, 3.05) is 0 Å². The maximum atomic E-state index is 10.6. The lowest BCUT2D eigenvalue weighted by atomic mass is 10.3. The van der Waals surface area contributed by atoms with Crippen molar-refractivity contribution in [3.05, 3.63) is 30.3 Å². The lowest BCUT2D eigenvalue weighted by molar-refractivity contribution is -0.192. The van der Waals surface area contributed by atoms with Crippen molar-refractivity contribution in [2.45, 2.75) is 64.3 Å². The fourth-order valence-corrected chi connectivity index (χ4v) is 6.43. The first-order valence-corrected chi connectivity index (χ1v) is 9.44. The summed E-state index contributed by atoms with van der Waals surface area (Å²) < 4.78 is 31.7. The van der Waals surface area contributed by atoms with Gasteiger partial charge >= 0.3 is 12.1 Å². The number of hydrogen-bond donors (Lipinski definition) is 2. The lowest BCUT2D eigenvalue weighted by Gasteiger charge is -2.26. The van der Waals surface area contributed by atoms with Gasteiger partial charge in [0.1, 0.15) is 5.75 Å². The molecule has 0 amide bonds. The Hall–Kier alpha value is -1.54. The van der Waals surface area contributed by atoms with Crippen LogP contribution in [0.25, 0.3) is 0 Å². The normalized spacial score (nSPS) is 10.6. The van der Waals surface area contributed by atoms with E-state index < -0.39 is 12.1 Å². The molecular weight excluding hydrogens is 353 g/mol. The Morgan fingerprint density at radius 2 is 1.20 bits per heavy atom. The van der Waals surface area contributed by atoms with Gasteiger partial charge in [-0.05, 0) is 12.1 Å². The minimum Gasteiger partial charge on any atom is -0.508 e. The molecule has 1 aromatic rings. The summed E-state index contributed by atoms with van der Waals surface area (Å²) in [6.45, 7) is 14.2. The van der Waals surface area contributed by atoms with Gasteiger partial charge in [0.25, 0.3) is 0 Å². The number of alkyl halides is 3. The number of aromatic hydroxyl groups is 1. The second-order valence-corrected chi connectivity index (χ2v) is 10.6. The highest BCUT2D eigenvalue weighted by Crippen LogP contribution is 2.29. The summed E-state index contributed by atoms with van der Waals surface area (Å²) in [6.07, 6.45) is -5.08. The Labute approximate surface area is 149 Å². The van der Waals surface area contributed by atoms with Crippen LogP contribution in [0.3, 0.4) is 0 Å². The van der Waals surface area contributed by atoms with E-state index in [0.29, 0.717) is 5.75 Å². The average molecular weight is 384 g/mol. The minimum atomic E-state index is -5.08. The van der Waals surface area contributed by atoms with Crippen LogP contribution < -0.4 is 0 Å². The maximum Gasteiger partial charge on any atom is 0.490 e. The summed E-state index contributed by atoms with van der Waals surface area (Å²) in [5.41, 5.74) is 2.81. The van der Waals surface area contributed by atoms with Crippen LogP contribution >= 0.6 is 0 Å². The summed E-state index contributed by atoms with van der Waals surface area (Å²) in [7, 11) is -0.0957.